The number of hydrogen-bond acceptors (Lipinski definition) is 6. The molecule has 0 unspecified atom stereocenters. The summed E-state index contributed by atoms with van der Waals surface area (Å²) in [4.78, 5) is 20.8. The highest BCUT2D eigenvalue weighted by molar-refractivity contribution is 7.92. The predicted molar refractivity (Wildman–Crippen MR) is 107 cm³/mol. The van der Waals surface area contributed by atoms with Crippen molar-refractivity contribution in [2.45, 2.75) is 26.8 Å². The summed E-state index contributed by atoms with van der Waals surface area (Å²) in [5, 5.41) is 0.420. The molecule has 154 valence electrons. The lowest BCUT2D eigenvalue weighted by atomic mass is 10.0. The summed E-state index contributed by atoms with van der Waals surface area (Å²) >= 11 is 0. The third kappa shape index (κ3) is 3.90. The van der Waals surface area contributed by atoms with E-state index in [1.165, 1.54) is 16.8 Å². The predicted octanol–water partition coefficient (Wildman–Crippen LogP) is 2.49. The highest BCUT2D eigenvalue weighted by atomic mass is 32.2. The van der Waals surface area contributed by atoms with Crippen molar-refractivity contribution in [3.8, 4) is 11.1 Å². The molecule has 0 saturated carbocycles. The van der Waals surface area contributed by atoms with Gasteiger partial charge < -0.3 is 5.73 Å². The molecule has 0 aliphatic rings. The average Bonchev–Trinajstić information content (AvgIpc) is 2.65. The van der Waals surface area contributed by atoms with Crippen molar-refractivity contribution in [1.29, 1.82) is 0 Å². The van der Waals surface area contributed by atoms with E-state index in [2.05, 4.69) is 9.97 Å². The summed E-state index contributed by atoms with van der Waals surface area (Å²) in [5.74, 6) is -2.98. The zero-order valence-corrected chi connectivity index (χ0v) is 16.6. The number of hydrogen-bond donors (Lipinski definition) is 2. The van der Waals surface area contributed by atoms with E-state index >= 15 is 0 Å². The SMILES string of the molecule is CCCS(=O)(=O)Nc1ccc(-c2cc3cnc(N)nc3n(CC)c2=O)c(F)c1F. The fraction of sp³-hybridized carbons (Fsp3) is 0.278. The van der Waals surface area contributed by atoms with Gasteiger partial charge in [-0.25, -0.2) is 22.2 Å². The molecule has 8 nitrogen and oxygen atoms in total. The Morgan fingerprint density at radius 2 is 1.90 bits per heavy atom. The smallest absolute Gasteiger partial charge is 0.260 e. The molecule has 3 aromatic rings. The van der Waals surface area contributed by atoms with Crippen molar-refractivity contribution >= 4 is 32.7 Å². The van der Waals surface area contributed by atoms with Crippen LogP contribution in [0.4, 0.5) is 20.4 Å². The fourth-order valence-corrected chi connectivity index (χ4v) is 4.11. The molecule has 0 bridgehead atoms. The van der Waals surface area contributed by atoms with E-state index in [4.69, 9.17) is 5.73 Å². The first-order valence-corrected chi connectivity index (χ1v) is 10.5. The molecule has 3 N–H and O–H groups in total. The van der Waals surface area contributed by atoms with Crippen LogP contribution < -0.4 is 16.0 Å². The number of nitrogens with two attached hydrogens (primary N) is 1. The lowest BCUT2D eigenvalue weighted by molar-refractivity contribution is 0.514. The molecule has 3 rings (SSSR count). The molecule has 0 amide bonds. The summed E-state index contributed by atoms with van der Waals surface area (Å²) in [5.41, 5.74) is 4.34. The third-order valence-corrected chi connectivity index (χ3v) is 5.75. The Morgan fingerprint density at radius 1 is 1.17 bits per heavy atom. The van der Waals surface area contributed by atoms with Gasteiger partial charge in [-0.05, 0) is 31.5 Å². The van der Waals surface area contributed by atoms with Gasteiger partial charge in [0.1, 0.15) is 5.65 Å². The summed E-state index contributed by atoms with van der Waals surface area (Å²) in [7, 11) is -3.80. The molecule has 1 aromatic carbocycles. The van der Waals surface area contributed by atoms with E-state index in [9.17, 15) is 22.0 Å². The maximum atomic E-state index is 14.8. The zero-order chi connectivity index (χ0) is 21.3. The Balaban J connectivity index is 2.18. The quantitative estimate of drug-likeness (QED) is 0.629. The van der Waals surface area contributed by atoms with Crippen molar-refractivity contribution in [2.24, 2.45) is 0 Å². The number of anilines is 2. The number of nitrogen functional groups attached to an aromatic ring is 1. The Labute approximate surface area is 165 Å². The van der Waals surface area contributed by atoms with Gasteiger partial charge in [0.2, 0.25) is 16.0 Å². The maximum Gasteiger partial charge on any atom is 0.260 e. The normalized spacial score (nSPS) is 11.7. The van der Waals surface area contributed by atoms with Gasteiger partial charge in [-0.2, -0.15) is 4.98 Å². The van der Waals surface area contributed by atoms with E-state index in [0.717, 1.165) is 12.1 Å². The topological polar surface area (TPSA) is 120 Å². The number of nitrogens with zero attached hydrogens (tertiary/aromatic N) is 3. The van der Waals surface area contributed by atoms with Crippen LogP contribution in [0.2, 0.25) is 0 Å². The van der Waals surface area contributed by atoms with Gasteiger partial charge >= 0.3 is 0 Å². The van der Waals surface area contributed by atoms with Crippen LogP contribution in [-0.4, -0.2) is 28.7 Å². The second-order valence-electron chi connectivity index (χ2n) is 6.32. The van der Waals surface area contributed by atoms with Crippen LogP contribution in [0.25, 0.3) is 22.2 Å². The number of halogens is 2. The summed E-state index contributed by atoms with van der Waals surface area (Å²) < 4.78 is 56.3. The minimum absolute atomic E-state index is 0.0206. The highest BCUT2D eigenvalue weighted by Gasteiger charge is 2.21. The minimum atomic E-state index is -3.80. The molecular weight excluding hydrogens is 404 g/mol. The Morgan fingerprint density at radius 3 is 2.55 bits per heavy atom. The standard InChI is InChI=1S/C18H19F2N5O3S/c1-3-7-29(27,28)24-13-6-5-11(14(19)15(13)20)12-8-10-9-22-18(21)23-16(10)25(4-2)17(12)26/h5-6,8-9,24H,3-4,7H2,1-2H3,(H2,21,22,23). The zero-order valence-electron chi connectivity index (χ0n) is 15.7. The number of sulfonamides is 1. The Bertz CT molecular complexity index is 1260. The van der Waals surface area contributed by atoms with Gasteiger partial charge in [-0.1, -0.05) is 6.92 Å². The minimum Gasteiger partial charge on any atom is -0.368 e. The van der Waals surface area contributed by atoms with E-state index < -0.39 is 32.9 Å². The molecule has 11 heteroatoms. The first kappa shape index (κ1) is 20.6. The molecule has 0 aliphatic carbocycles. The van der Waals surface area contributed by atoms with E-state index in [-0.39, 0.29) is 35.0 Å². The van der Waals surface area contributed by atoms with Crippen molar-refractivity contribution in [2.75, 3.05) is 16.2 Å². The lowest BCUT2D eigenvalue weighted by Crippen LogP contribution is -2.23. The molecule has 0 atom stereocenters. The van der Waals surface area contributed by atoms with Gasteiger partial charge in [0.15, 0.2) is 11.6 Å². The fourth-order valence-electron chi connectivity index (χ4n) is 2.98. The summed E-state index contributed by atoms with van der Waals surface area (Å²) in [6.07, 6.45) is 1.70. The molecule has 2 heterocycles. The van der Waals surface area contributed by atoms with Crippen LogP contribution in [0.3, 0.4) is 0 Å². The second kappa shape index (κ2) is 7.74. The van der Waals surface area contributed by atoms with Crippen LogP contribution in [0.15, 0.2) is 29.2 Å². The van der Waals surface area contributed by atoms with Crippen molar-refractivity contribution in [3.63, 3.8) is 0 Å². The molecular formula is C18H19F2N5O3S. The largest absolute Gasteiger partial charge is 0.368 e. The van der Waals surface area contributed by atoms with Crippen LogP contribution in [0.1, 0.15) is 20.3 Å². The monoisotopic (exact) mass is 423 g/mol. The lowest BCUT2D eigenvalue weighted by Gasteiger charge is -2.13. The van der Waals surface area contributed by atoms with Crippen molar-refractivity contribution < 1.29 is 17.2 Å². The van der Waals surface area contributed by atoms with Crippen LogP contribution in [-0.2, 0) is 16.6 Å². The third-order valence-electron chi connectivity index (χ3n) is 4.27. The van der Waals surface area contributed by atoms with Crippen LogP contribution >= 0.6 is 0 Å². The first-order chi connectivity index (χ1) is 13.7. The number of nitrogens with one attached hydrogen (secondary N) is 1. The first-order valence-electron chi connectivity index (χ1n) is 8.83. The molecule has 0 fully saturated rings. The number of rotatable bonds is 6. The molecule has 0 radical (unpaired) electrons. The number of fused-ring (bicyclic) bond motifs is 1. The van der Waals surface area contributed by atoms with Gasteiger partial charge in [-0.15, -0.1) is 0 Å². The Hall–Kier alpha value is -3.08. The molecule has 2 aromatic heterocycles. The maximum absolute atomic E-state index is 14.8. The van der Waals surface area contributed by atoms with E-state index in [1.54, 1.807) is 13.8 Å². The highest BCUT2D eigenvalue weighted by Crippen LogP contribution is 2.29. The van der Waals surface area contributed by atoms with Gasteiger partial charge in [0.05, 0.1) is 17.0 Å². The van der Waals surface area contributed by atoms with E-state index in [1.807, 2.05) is 4.72 Å². The van der Waals surface area contributed by atoms with E-state index in [0.29, 0.717) is 11.8 Å². The molecule has 0 saturated heterocycles. The number of pyridine rings is 1. The van der Waals surface area contributed by atoms with Crippen molar-refractivity contribution in [3.05, 3.63) is 46.4 Å². The van der Waals surface area contributed by atoms with Gasteiger partial charge in [-0.3, -0.25) is 14.1 Å². The summed E-state index contributed by atoms with van der Waals surface area (Å²) in [6.45, 7) is 3.57. The number of benzene rings is 1. The number of aryl methyl sites for hydroxylation is 1. The summed E-state index contributed by atoms with van der Waals surface area (Å²) in [6, 6.07) is 3.59. The van der Waals surface area contributed by atoms with Gasteiger partial charge in [0, 0.05) is 23.7 Å². The van der Waals surface area contributed by atoms with Crippen molar-refractivity contribution in [1.82, 2.24) is 14.5 Å². The molecule has 29 heavy (non-hydrogen) atoms. The Kier molecular flexibility index (Phi) is 5.51. The average molecular weight is 423 g/mol. The number of aromatic nitrogens is 3. The second-order valence-corrected chi connectivity index (χ2v) is 8.17. The molecule has 0 aliphatic heterocycles. The molecule has 0 spiro atoms. The van der Waals surface area contributed by atoms with Crippen LogP contribution in [0.5, 0.6) is 0 Å². The van der Waals surface area contributed by atoms with Crippen LogP contribution in [0, 0.1) is 11.6 Å². The van der Waals surface area contributed by atoms with Gasteiger partial charge in [0.25, 0.3) is 5.56 Å².